The van der Waals surface area contributed by atoms with E-state index in [9.17, 15) is 0 Å². The van der Waals surface area contributed by atoms with Crippen LogP contribution in [0.5, 0.6) is 0 Å². The number of aromatic nitrogens is 3. The molecule has 94 valence electrons. The zero-order valence-corrected chi connectivity index (χ0v) is 10.7. The zero-order valence-electron chi connectivity index (χ0n) is 10.7. The lowest BCUT2D eigenvalue weighted by Gasteiger charge is -1.81. The van der Waals surface area contributed by atoms with Crippen molar-refractivity contribution in [1.82, 2.24) is 15.0 Å². The average Bonchev–Trinajstić information content (AvgIpc) is 2.84. The van der Waals surface area contributed by atoms with Gasteiger partial charge in [0.2, 0.25) is 0 Å². The Kier molecular flexibility index (Phi) is 5.97. The van der Waals surface area contributed by atoms with E-state index < -0.39 is 0 Å². The molecule has 0 atom stereocenters. The Morgan fingerprint density at radius 3 is 2.11 bits per heavy atom. The molecular formula is C14H18N4. The highest BCUT2D eigenvalue weighted by atomic mass is 15.0. The van der Waals surface area contributed by atoms with Crippen LogP contribution in [0.2, 0.25) is 0 Å². The molecular weight excluding hydrogens is 224 g/mol. The molecule has 3 aromatic rings. The number of anilines is 1. The van der Waals surface area contributed by atoms with Gasteiger partial charge in [-0.2, -0.15) is 0 Å². The van der Waals surface area contributed by atoms with Crippen LogP contribution in [0.25, 0.3) is 11.0 Å². The Bertz CT molecular complexity index is 486. The van der Waals surface area contributed by atoms with Crippen LogP contribution in [0.15, 0.2) is 54.9 Å². The van der Waals surface area contributed by atoms with Gasteiger partial charge in [0.05, 0.1) is 11.0 Å². The molecule has 0 aliphatic carbocycles. The lowest BCUT2D eigenvalue weighted by Crippen LogP contribution is -1.84. The second-order valence-electron chi connectivity index (χ2n) is 3.16. The van der Waals surface area contributed by atoms with Gasteiger partial charge in [0.25, 0.3) is 0 Å². The number of rotatable bonds is 0. The number of para-hydroxylation sites is 2. The van der Waals surface area contributed by atoms with Crippen LogP contribution < -0.4 is 5.73 Å². The van der Waals surface area contributed by atoms with Gasteiger partial charge >= 0.3 is 0 Å². The minimum absolute atomic E-state index is 0.473. The van der Waals surface area contributed by atoms with Gasteiger partial charge in [0.1, 0.15) is 0 Å². The molecule has 2 aromatic heterocycles. The van der Waals surface area contributed by atoms with E-state index in [4.69, 9.17) is 5.73 Å². The number of nitrogen functional groups attached to an aromatic ring is 1. The van der Waals surface area contributed by atoms with Crippen molar-refractivity contribution in [1.29, 1.82) is 0 Å². The Morgan fingerprint density at radius 1 is 0.944 bits per heavy atom. The van der Waals surface area contributed by atoms with E-state index >= 15 is 0 Å². The number of imidazole rings is 1. The third kappa shape index (κ3) is 4.25. The first-order valence-corrected chi connectivity index (χ1v) is 5.91. The number of pyridine rings is 1. The molecule has 18 heavy (non-hydrogen) atoms. The topological polar surface area (TPSA) is 67.6 Å². The minimum Gasteiger partial charge on any atom is -0.369 e. The van der Waals surface area contributed by atoms with Crippen molar-refractivity contribution in [2.75, 3.05) is 5.73 Å². The number of hydrogen-bond acceptors (Lipinski definition) is 3. The molecule has 0 aliphatic heterocycles. The maximum absolute atomic E-state index is 5.42. The van der Waals surface area contributed by atoms with Crippen molar-refractivity contribution in [3.63, 3.8) is 0 Å². The second-order valence-corrected chi connectivity index (χ2v) is 3.16. The summed E-state index contributed by atoms with van der Waals surface area (Å²) in [5, 5.41) is 0. The van der Waals surface area contributed by atoms with Gasteiger partial charge < -0.3 is 10.7 Å². The summed E-state index contributed by atoms with van der Waals surface area (Å²) < 4.78 is 0. The van der Waals surface area contributed by atoms with Gasteiger partial charge in [-0.05, 0) is 24.3 Å². The third-order valence-corrected chi connectivity index (χ3v) is 1.97. The highest BCUT2D eigenvalue weighted by Crippen LogP contribution is 2.10. The van der Waals surface area contributed by atoms with Crippen LogP contribution in [0.3, 0.4) is 0 Å². The molecule has 4 nitrogen and oxygen atoms in total. The second kappa shape index (κ2) is 7.84. The molecule has 0 fully saturated rings. The number of nitrogens with zero attached hydrogens (tertiary/aromatic N) is 2. The van der Waals surface area contributed by atoms with Gasteiger partial charge in [-0.1, -0.05) is 32.0 Å². The number of nitrogens with two attached hydrogens (primary N) is 1. The predicted molar refractivity (Wildman–Crippen MR) is 76.1 cm³/mol. The molecule has 1 aromatic carbocycles. The van der Waals surface area contributed by atoms with Crippen LogP contribution in [0.1, 0.15) is 13.8 Å². The van der Waals surface area contributed by atoms with Crippen molar-refractivity contribution in [3.8, 4) is 0 Å². The van der Waals surface area contributed by atoms with Gasteiger partial charge in [0, 0.05) is 12.4 Å². The summed E-state index contributed by atoms with van der Waals surface area (Å²) >= 11 is 0. The predicted octanol–water partition coefficient (Wildman–Crippen LogP) is 3.25. The van der Waals surface area contributed by atoms with E-state index in [0.29, 0.717) is 5.95 Å². The maximum Gasteiger partial charge on any atom is 0.198 e. The molecule has 0 spiro atoms. The summed E-state index contributed by atoms with van der Waals surface area (Å²) in [7, 11) is 0. The molecule has 0 bridgehead atoms. The van der Waals surface area contributed by atoms with Crippen LogP contribution in [0, 0.1) is 0 Å². The smallest absolute Gasteiger partial charge is 0.198 e. The minimum atomic E-state index is 0.473. The average molecular weight is 242 g/mol. The molecule has 3 N–H and O–H groups in total. The molecule has 0 saturated heterocycles. The maximum atomic E-state index is 5.42. The lowest BCUT2D eigenvalue weighted by molar-refractivity contribution is 1.33. The van der Waals surface area contributed by atoms with Crippen molar-refractivity contribution >= 4 is 17.0 Å². The molecule has 0 radical (unpaired) electrons. The molecule has 4 heteroatoms. The van der Waals surface area contributed by atoms with Gasteiger partial charge in [0.15, 0.2) is 5.95 Å². The highest BCUT2D eigenvalue weighted by Gasteiger charge is 1.94. The summed E-state index contributed by atoms with van der Waals surface area (Å²) in [5.74, 6) is 0.473. The number of fused-ring (bicyclic) bond motifs is 1. The Hall–Kier alpha value is -2.36. The van der Waals surface area contributed by atoms with E-state index in [-0.39, 0.29) is 0 Å². The molecule has 3 rings (SSSR count). The third-order valence-electron chi connectivity index (χ3n) is 1.97. The van der Waals surface area contributed by atoms with Gasteiger partial charge in [-0.15, -0.1) is 0 Å². The van der Waals surface area contributed by atoms with Crippen LogP contribution >= 0.6 is 0 Å². The number of benzene rings is 1. The SMILES string of the molecule is CC.Nc1nc2ccccc2[nH]1.c1ccncc1. The summed E-state index contributed by atoms with van der Waals surface area (Å²) in [6, 6.07) is 13.5. The van der Waals surface area contributed by atoms with E-state index in [1.807, 2.05) is 56.3 Å². The Morgan fingerprint density at radius 2 is 1.61 bits per heavy atom. The number of aromatic amines is 1. The highest BCUT2D eigenvalue weighted by molar-refractivity contribution is 5.76. The first kappa shape index (κ1) is 13.7. The van der Waals surface area contributed by atoms with Crippen molar-refractivity contribution in [2.45, 2.75) is 13.8 Å². The fourth-order valence-electron chi connectivity index (χ4n) is 1.29. The molecule has 2 heterocycles. The lowest BCUT2D eigenvalue weighted by atomic mass is 10.3. The van der Waals surface area contributed by atoms with E-state index in [2.05, 4.69) is 15.0 Å². The van der Waals surface area contributed by atoms with Gasteiger partial charge in [-0.25, -0.2) is 4.98 Å². The quantitative estimate of drug-likeness (QED) is 0.636. The Balaban J connectivity index is 0.000000174. The van der Waals surface area contributed by atoms with Crippen molar-refractivity contribution < 1.29 is 0 Å². The summed E-state index contributed by atoms with van der Waals surface area (Å²) in [5.41, 5.74) is 7.33. The normalized spacial score (nSPS) is 8.78. The van der Waals surface area contributed by atoms with Crippen LogP contribution in [-0.4, -0.2) is 15.0 Å². The summed E-state index contributed by atoms with van der Waals surface area (Å²) in [4.78, 5) is 10.7. The largest absolute Gasteiger partial charge is 0.369 e. The fraction of sp³-hybridized carbons (Fsp3) is 0.143. The first-order chi connectivity index (χ1) is 8.86. The molecule has 0 saturated carbocycles. The molecule has 0 aliphatic rings. The number of H-pyrrole nitrogens is 1. The van der Waals surface area contributed by atoms with E-state index in [0.717, 1.165) is 11.0 Å². The Labute approximate surface area is 107 Å². The van der Waals surface area contributed by atoms with Crippen LogP contribution in [0.4, 0.5) is 5.95 Å². The monoisotopic (exact) mass is 242 g/mol. The number of nitrogens with one attached hydrogen (secondary N) is 1. The van der Waals surface area contributed by atoms with Crippen molar-refractivity contribution in [2.24, 2.45) is 0 Å². The van der Waals surface area contributed by atoms with Crippen LogP contribution in [-0.2, 0) is 0 Å². The number of hydrogen-bond donors (Lipinski definition) is 2. The summed E-state index contributed by atoms with van der Waals surface area (Å²) in [6.45, 7) is 4.00. The molecule has 0 unspecified atom stereocenters. The standard InChI is InChI=1S/C7H7N3.C5H5N.C2H6/c8-7-9-5-3-1-2-4-6(5)10-7;1-2-4-6-5-3-1;1-2/h1-4H,(H3,8,9,10);1-5H;1-2H3. The fourth-order valence-corrected chi connectivity index (χ4v) is 1.29. The van der Waals surface area contributed by atoms with Crippen molar-refractivity contribution in [3.05, 3.63) is 54.9 Å². The van der Waals surface area contributed by atoms with E-state index in [1.165, 1.54) is 0 Å². The zero-order chi connectivity index (χ0) is 13.2. The van der Waals surface area contributed by atoms with Gasteiger partial charge in [-0.3, -0.25) is 4.98 Å². The summed E-state index contributed by atoms with van der Waals surface area (Å²) in [6.07, 6.45) is 3.50. The molecule has 0 amide bonds. The first-order valence-electron chi connectivity index (χ1n) is 5.91. The van der Waals surface area contributed by atoms with E-state index in [1.54, 1.807) is 12.4 Å².